The fraction of sp³-hybridized carbons (Fsp3) is 0.333. The highest BCUT2D eigenvalue weighted by Gasteiger charge is 2.06. The van der Waals surface area contributed by atoms with E-state index in [-0.39, 0.29) is 0 Å². The Labute approximate surface area is 105 Å². The van der Waals surface area contributed by atoms with E-state index in [9.17, 15) is 0 Å². The van der Waals surface area contributed by atoms with Crippen molar-refractivity contribution in [3.05, 3.63) is 40.4 Å². The smallest absolute Gasteiger partial charge is 0.199 e. The first kappa shape index (κ1) is 12.0. The summed E-state index contributed by atoms with van der Waals surface area (Å²) in [6.07, 6.45) is 0.835. The van der Waals surface area contributed by atoms with Gasteiger partial charge in [-0.05, 0) is 29.9 Å². The summed E-state index contributed by atoms with van der Waals surface area (Å²) in [5.74, 6) is 0.935. The fourth-order valence-corrected chi connectivity index (χ4v) is 2.04. The van der Waals surface area contributed by atoms with Crippen molar-refractivity contribution in [2.75, 3.05) is 7.11 Å². The molecule has 0 aliphatic heterocycles. The second-order valence-electron chi connectivity index (χ2n) is 3.74. The molecule has 1 N–H and O–H groups in total. The molecule has 0 unspecified atom stereocenters. The van der Waals surface area contributed by atoms with E-state index in [1.165, 1.54) is 0 Å². The van der Waals surface area contributed by atoms with Crippen molar-refractivity contribution >= 4 is 12.2 Å². The highest BCUT2D eigenvalue weighted by molar-refractivity contribution is 7.71. The predicted octanol–water partition coefficient (Wildman–Crippen LogP) is 2.64. The van der Waals surface area contributed by atoms with Crippen LogP contribution in [0.2, 0.25) is 0 Å². The molecule has 0 aliphatic carbocycles. The summed E-state index contributed by atoms with van der Waals surface area (Å²) in [6, 6.07) is 8.11. The van der Waals surface area contributed by atoms with Gasteiger partial charge in [-0.25, -0.2) is 0 Å². The van der Waals surface area contributed by atoms with Crippen molar-refractivity contribution in [2.24, 2.45) is 0 Å². The molecule has 4 nitrogen and oxygen atoms in total. The number of hydrogen-bond donors (Lipinski definition) is 1. The van der Waals surface area contributed by atoms with Crippen LogP contribution >= 0.6 is 12.2 Å². The lowest BCUT2D eigenvalue weighted by Gasteiger charge is -2.07. The van der Waals surface area contributed by atoms with Gasteiger partial charge in [0.05, 0.1) is 6.61 Å². The van der Waals surface area contributed by atoms with Crippen molar-refractivity contribution in [3.8, 4) is 5.69 Å². The maximum atomic E-state index is 5.24. The first-order valence-corrected chi connectivity index (χ1v) is 5.91. The summed E-state index contributed by atoms with van der Waals surface area (Å²) in [7, 11) is 1.69. The van der Waals surface area contributed by atoms with Crippen LogP contribution in [0.3, 0.4) is 0 Å². The molecule has 0 amide bonds. The maximum absolute atomic E-state index is 5.24. The molecule has 90 valence electrons. The number of ether oxygens (including phenoxy) is 1. The van der Waals surface area contributed by atoms with Gasteiger partial charge in [0, 0.05) is 19.2 Å². The SMILES string of the molecule is CCc1n[nH]c(=S)n1-c1cccc(COC)c1. The average Bonchev–Trinajstić information content (AvgIpc) is 2.71. The van der Waals surface area contributed by atoms with Crippen molar-refractivity contribution in [1.29, 1.82) is 0 Å². The van der Waals surface area contributed by atoms with Gasteiger partial charge >= 0.3 is 0 Å². The highest BCUT2D eigenvalue weighted by atomic mass is 32.1. The number of methoxy groups -OCH3 is 1. The van der Waals surface area contributed by atoms with Gasteiger partial charge in [-0.15, -0.1) is 0 Å². The van der Waals surface area contributed by atoms with Crippen LogP contribution in [0.25, 0.3) is 5.69 Å². The third-order valence-electron chi connectivity index (χ3n) is 2.54. The number of nitrogens with one attached hydrogen (secondary N) is 1. The normalized spacial score (nSPS) is 10.7. The number of benzene rings is 1. The molecule has 2 aromatic rings. The number of hydrogen-bond acceptors (Lipinski definition) is 3. The highest BCUT2D eigenvalue weighted by Crippen LogP contribution is 2.14. The van der Waals surface area contributed by atoms with Crippen molar-refractivity contribution in [3.63, 3.8) is 0 Å². The molecule has 0 spiro atoms. The van der Waals surface area contributed by atoms with Crippen molar-refractivity contribution < 1.29 is 4.74 Å². The first-order valence-electron chi connectivity index (χ1n) is 5.50. The van der Waals surface area contributed by atoms with Crippen LogP contribution in [0.1, 0.15) is 18.3 Å². The summed E-state index contributed by atoms with van der Waals surface area (Å²) in [5.41, 5.74) is 2.14. The number of aromatic amines is 1. The van der Waals surface area contributed by atoms with E-state index in [1.807, 2.05) is 22.8 Å². The molecule has 0 aliphatic rings. The topological polar surface area (TPSA) is 42.8 Å². The van der Waals surface area contributed by atoms with Gasteiger partial charge in [0.15, 0.2) is 4.77 Å². The molecular weight excluding hydrogens is 234 g/mol. The largest absolute Gasteiger partial charge is 0.380 e. The molecule has 0 atom stereocenters. The Morgan fingerprint density at radius 2 is 2.29 bits per heavy atom. The molecule has 5 heteroatoms. The standard InChI is InChI=1S/C12H15N3OS/c1-3-11-13-14-12(17)15(11)10-6-4-5-9(7-10)8-16-2/h4-7H,3,8H2,1-2H3,(H,14,17). The number of nitrogens with zero attached hydrogens (tertiary/aromatic N) is 2. The number of rotatable bonds is 4. The van der Waals surface area contributed by atoms with E-state index in [0.29, 0.717) is 11.4 Å². The van der Waals surface area contributed by atoms with E-state index >= 15 is 0 Å². The summed E-state index contributed by atoms with van der Waals surface area (Å²) in [5, 5.41) is 7.02. The lowest BCUT2D eigenvalue weighted by molar-refractivity contribution is 0.185. The molecule has 0 fully saturated rings. The van der Waals surface area contributed by atoms with Gasteiger partial charge in [0.1, 0.15) is 5.82 Å². The van der Waals surface area contributed by atoms with E-state index in [2.05, 4.69) is 23.2 Å². The zero-order valence-electron chi connectivity index (χ0n) is 9.93. The van der Waals surface area contributed by atoms with Crippen molar-refractivity contribution in [1.82, 2.24) is 14.8 Å². The molecule has 1 heterocycles. The van der Waals surface area contributed by atoms with E-state index in [1.54, 1.807) is 7.11 Å². The van der Waals surface area contributed by atoms with Gasteiger partial charge in [-0.3, -0.25) is 9.67 Å². The van der Waals surface area contributed by atoms with Crippen LogP contribution in [-0.4, -0.2) is 21.9 Å². The van der Waals surface area contributed by atoms with Crippen LogP contribution < -0.4 is 0 Å². The summed E-state index contributed by atoms with van der Waals surface area (Å²) < 4.78 is 7.70. The Hall–Kier alpha value is -1.46. The zero-order valence-corrected chi connectivity index (χ0v) is 10.8. The zero-order chi connectivity index (χ0) is 12.3. The van der Waals surface area contributed by atoms with Crippen LogP contribution in [0.5, 0.6) is 0 Å². The minimum absolute atomic E-state index is 0.598. The van der Waals surface area contributed by atoms with Crippen LogP contribution in [0, 0.1) is 4.77 Å². The Morgan fingerprint density at radius 3 is 3.00 bits per heavy atom. The first-order chi connectivity index (χ1) is 8.26. The molecule has 2 rings (SSSR count). The van der Waals surface area contributed by atoms with E-state index in [0.717, 1.165) is 23.5 Å². The summed E-state index contributed by atoms with van der Waals surface area (Å²) in [4.78, 5) is 0. The second-order valence-corrected chi connectivity index (χ2v) is 4.12. The molecule has 1 aromatic heterocycles. The van der Waals surface area contributed by atoms with Gasteiger partial charge in [-0.1, -0.05) is 19.1 Å². The quantitative estimate of drug-likeness (QED) is 0.847. The molecule has 0 radical (unpaired) electrons. The Bertz CT molecular complexity index is 559. The average molecular weight is 249 g/mol. The van der Waals surface area contributed by atoms with Crippen LogP contribution in [0.15, 0.2) is 24.3 Å². The van der Waals surface area contributed by atoms with Crippen molar-refractivity contribution in [2.45, 2.75) is 20.0 Å². The molecular formula is C12H15N3OS. The molecule has 0 bridgehead atoms. The van der Waals surface area contributed by atoms with Gasteiger partial charge in [0.2, 0.25) is 0 Å². The summed E-state index contributed by atoms with van der Waals surface area (Å²) in [6.45, 7) is 2.65. The number of H-pyrrole nitrogens is 1. The molecule has 0 saturated heterocycles. The fourth-order valence-electron chi connectivity index (χ4n) is 1.79. The monoisotopic (exact) mass is 249 g/mol. The predicted molar refractivity (Wildman–Crippen MR) is 68.8 cm³/mol. The molecule has 1 aromatic carbocycles. The Kier molecular flexibility index (Phi) is 3.71. The Balaban J connectivity index is 2.48. The van der Waals surface area contributed by atoms with Crippen LogP contribution in [0.4, 0.5) is 0 Å². The lowest BCUT2D eigenvalue weighted by atomic mass is 10.2. The van der Waals surface area contributed by atoms with Gasteiger partial charge in [0.25, 0.3) is 0 Å². The number of aryl methyl sites for hydroxylation is 1. The van der Waals surface area contributed by atoms with Gasteiger partial charge < -0.3 is 4.74 Å². The lowest BCUT2D eigenvalue weighted by Crippen LogP contribution is -2.01. The minimum Gasteiger partial charge on any atom is -0.380 e. The van der Waals surface area contributed by atoms with E-state index in [4.69, 9.17) is 17.0 Å². The summed E-state index contributed by atoms with van der Waals surface area (Å²) >= 11 is 5.24. The van der Waals surface area contributed by atoms with Gasteiger partial charge in [-0.2, -0.15) is 5.10 Å². The maximum Gasteiger partial charge on any atom is 0.199 e. The van der Waals surface area contributed by atoms with Crippen LogP contribution in [-0.2, 0) is 17.8 Å². The number of aromatic nitrogens is 3. The van der Waals surface area contributed by atoms with E-state index < -0.39 is 0 Å². The second kappa shape index (κ2) is 5.25. The third kappa shape index (κ3) is 2.45. The minimum atomic E-state index is 0.598. The molecule has 17 heavy (non-hydrogen) atoms. The third-order valence-corrected chi connectivity index (χ3v) is 2.81. The Morgan fingerprint density at radius 1 is 1.47 bits per heavy atom. The molecule has 0 saturated carbocycles.